The number of nitrogens with one attached hydrogen (secondary N) is 2. The second-order valence-corrected chi connectivity index (χ2v) is 7.37. The first-order valence-electron chi connectivity index (χ1n) is 9.93. The van der Waals surface area contributed by atoms with Crippen molar-refractivity contribution in [1.82, 2.24) is 15.5 Å². The molecule has 2 unspecified atom stereocenters. The Morgan fingerprint density at radius 3 is 2.81 bits per heavy atom. The van der Waals surface area contributed by atoms with E-state index in [1.807, 2.05) is 0 Å². The van der Waals surface area contributed by atoms with Gasteiger partial charge in [0.15, 0.2) is 5.96 Å². The number of nitrogens with zero attached hydrogens (tertiary/aromatic N) is 2. The molecule has 148 valence electrons. The van der Waals surface area contributed by atoms with E-state index in [1.165, 1.54) is 43.6 Å². The van der Waals surface area contributed by atoms with Crippen molar-refractivity contribution >= 4 is 29.9 Å². The molecule has 1 aliphatic rings. The Hall–Kier alpha value is -0.820. The minimum atomic E-state index is 0. The maximum absolute atomic E-state index is 4.82. The number of halogens is 1. The number of hydrogen-bond donors (Lipinski definition) is 2. The largest absolute Gasteiger partial charge is 0.357 e. The normalized spacial score (nSPS) is 19.1. The maximum Gasteiger partial charge on any atom is 0.191 e. The predicted octanol–water partition coefficient (Wildman–Crippen LogP) is 4.00. The van der Waals surface area contributed by atoms with Crippen molar-refractivity contribution < 1.29 is 0 Å². The molecular weight excluding hydrogens is 435 g/mol. The molecule has 1 fully saturated rings. The molecule has 1 aromatic carbocycles. The smallest absolute Gasteiger partial charge is 0.191 e. The number of likely N-dealkylation sites (tertiary alicyclic amines) is 1. The van der Waals surface area contributed by atoms with Gasteiger partial charge in [-0.25, -0.2) is 0 Å². The molecule has 0 spiro atoms. The van der Waals surface area contributed by atoms with E-state index in [4.69, 9.17) is 4.99 Å². The average molecular weight is 472 g/mol. The van der Waals surface area contributed by atoms with E-state index in [-0.39, 0.29) is 24.0 Å². The standard InChI is InChI=1S/C21H36N4.HI/c1-5-11-25-12-10-19(16-25)15-24-21(22-6-2)23-14-18(4)20-9-7-8-17(3)13-20;/h7-9,13,18-19H,5-6,10-12,14-16H2,1-4H3,(H2,22,23,24);1H. The van der Waals surface area contributed by atoms with E-state index in [0.29, 0.717) is 5.92 Å². The van der Waals surface area contributed by atoms with Crippen LogP contribution in [-0.2, 0) is 0 Å². The summed E-state index contributed by atoms with van der Waals surface area (Å²) < 4.78 is 0. The lowest BCUT2D eigenvalue weighted by atomic mass is 10.00. The highest BCUT2D eigenvalue weighted by Crippen LogP contribution is 2.17. The van der Waals surface area contributed by atoms with Gasteiger partial charge < -0.3 is 15.5 Å². The minimum Gasteiger partial charge on any atom is -0.357 e. The van der Waals surface area contributed by atoms with Crippen molar-refractivity contribution in [3.8, 4) is 0 Å². The lowest BCUT2D eigenvalue weighted by Crippen LogP contribution is -2.40. The molecule has 1 heterocycles. The second kappa shape index (κ2) is 12.5. The van der Waals surface area contributed by atoms with Crippen LogP contribution in [0.4, 0.5) is 0 Å². The van der Waals surface area contributed by atoms with Crippen LogP contribution >= 0.6 is 24.0 Å². The molecule has 26 heavy (non-hydrogen) atoms. The summed E-state index contributed by atoms with van der Waals surface area (Å²) in [5.74, 6) is 2.13. The molecule has 2 atom stereocenters. The number of rotatable bonds is 8. The quantitative estimate of drug-likeness (QED) is 0.341. The van der Waals surface area contributed by atoms with Crippen molar-refractivity contribution in [3.05, 3.63) is 35.4 Å². The van der Waals surface area contributed by atoms with Gasteiger partial charge in [0, 0.05) is 32.1 Å². The highest BCUT2D eigenvalue weighted by atomic mass is 127. The van der Waals surface area contributed by atoms with Gasteiger partial charge in [-0.1, -0.05) is 43.7 Å². The van der Waals surface area contributed by atoms with Crippen LogP contribution < -0.4 is 10.6 Å². The van der Waals surface area contributed by atoms with E-state index in [2.05, 4.69) is 67.5 Å². The zero-order chi connectivity index (χ0) is 18.1. The SMILES string of the molecule is CCCN1CCC(CNC(=NCC(C)c2cccc(C)c2)NCC)C1.I. The second-order valence-electron chi connectivity index (χ2n) is 7.37. The van der Waals surface area contributed by atoms with Crippen LogP contribution in [0.25, 0.3) is 0 Å². The van der Waals surface area contributed by atoms with Crippen molar-refractivity contribution in [2.45, 2.75) is 46.5 Å². The number of benzene rings is 1. The third-order valence-electron chi connectivity index (χ3n) is 4.95. The van der Waals surface area contributed by atoms with Crippen LogP contribution in [0.3, 0.4) is 0 Å². The molecule has 2 N–H and O–H groups in total. The van der Waals surface area contributed by atoms with Crippen molar-refractivity contribution in [3.63, 3.8) is 0 Å². The number of hydrogen-bond acceptors (Lipinski definition) is 2. The van der Waals surface area contributed by atoms with Crippen molar-refractivity contribution in [2.75, 3.05) is 39.3 Å². The molecule has 0 bridgehead atoms. The van der Waals surface area contributed by atoms with E-state index < -0.39 is 0 Å². The van der Waals surface area contributed by atoms with Crippen molar-refractivity contribution in [1.29, 1.82) is 0 Å². The number of aryl methyl sites for hydroxylation is 1. The Morgan fingerprint density at radius 2 is 2.12 bits per heavy atom. The fourth-order valence-electron chi connectivity index (χ4n) is 3.49. The average Bonchev–Trinajstić information content (AvgIpc) is 3.05. The molecule has 0 saturated carbocycles. The van der Waals surface area contributed by atoms with Gasteiger partial charge in [0.2, 0.25) is 0 Å². The molecule has 0 aromatic heterocycles. The van der Waals surface area contributed by atoms with Gasteiger partial charge in [0.1, 0.15) is 0 Å². The number of aliphatic imine (C=N–C) groups is 1. The van der Waals surface area contributed by atoms with Gasteiger partial charge in [0.05, 0.1) is 0 Å². The fourth-order valence-corrected chi connectivity index (χ4v) is 3.49. The topological polar surface area (TPSA) is 39.7 Å². The lowest BCUT2D eigenvalue weighted by Gasteiger charge is -2.17. The van der Waals surface area contributed by atoms with E-state index in [1.54, 1.807) is 0 Å². The molecular formula is C21H37IN4. The zero-order valence-electron chi connectivity index (χ0n) is 16.9. The van der Waals surface area contributed by atoms with Gasteiger partial charge >= 0.3 is 0 Å². The Balaban J connectivity index is 0.00000338. The minimum absolute atomic E-state index is 0. The van der Waals surface area contributed by atoms with Crippen LogP contribution in [0.5, 0.6) is 0 Å². The van der Waals surface area contributed by atoms with Crippen LogP contribution in [0.1, 0.15) is 50.7 Å². The van der Waals surface area contributed by atoms with E-state index >= 15 is 0 Å². The molecule has 5 heteroatoms. The Labute approximate surface area is 177 Å². The molecule has 4 nitrogen and oxygen atoms in total. The summed E-state index contributed by atoms with van der Waals surface area (Å²) in [5, 5.41) is 6.94. The zero-order valence-corrected chi connectivity index (χ0v) is 19.3. The third-order valence-corrected chi connectivity index (χ3v) is 4.95. The van der Waals surface area contributed by atoms with Crippen LogP contribution in [-0.4, -0.2) is 50.1 Å². The van der Waals surface area contributed by atoms with Crippen LogP contribution in [0.2, 0.25) is 0 Å². The monoisotopic (exact) mass is 472 g/mol. The van der Waals surface area contributed by atoms with Gasteiger partial charge in [-0.15, -0.1) is 24.0 Å². The molecule has 2 rings (SSSR count). The molecule has 1 aliphatic heterocycles. The Morgan fingerprint density at radius 1 is 1.31 bits per heavy atom. The predicted molar refractivity (Wildman–Crippen MR) is 124 cm³/mol. The summed E-state index contributed by atoms with van der Waals surface area (Å²) in [6, 6.07) is 8.75. The summed E-state index contributed by atoms with van der Waals surface area (Å²) in [6.07, 6.45) is 2.55. The summed E-state index contributed by atoms with van der Waals surface area (Å²) in [5.41, 5.74) is 2.68. The lowest BCUT2D eigenvalue weighted by molar-refractivity contribution is 0.324. The van der Waals surface area contributed by atoms with Crippen LogP contribution in [0, 0.1) is 12.8 Å². The Bertz CT molecular complexity index is 547. The Kier molecular flexibility index (Phi) is 11.2. The third kappa shape index (κ3) is 7.82. The summed E-state index contributed by atoms with van der Waals surface area (Å²) in [7, 11) is 0. The molecule has 0 radical (unpaired) electrons. The first-order valence-corrected chi connectivity index (χ1v) is 9.93. The molecule has 0 amide bonds. The molecule has 1 saturated heterocycles. The van der Waals surface area contributed by atoms with E-state index in [0.717, 1.165) is 31.5 Å². The first-order chi connectivity index (χ1) is 12.1. The summed E-state index contributed by atoms with van der Waals surface area (Å²) >= 11 is 0. The van der Waals surface area contributed by atoms with Gasteiger partial charge in [0.25, 0.3) is 0 Å². The number of guanidine groups is 1. The van der Waals surface area contributed by atoms with Gasteiger partial charge in [-0.05, 0) is 51.3 Å². The van der Waals surface area contributed by atoms with Crippen molar-refractivity contribution in [2.24, 2.45) is 10.9 Å². The fraction of sp³-hybridized carbons (Fsp3) is 0.667. The highest BCUT2D eigenvalue weighted by molar-refractivity contribution is 14.0. The molecule has 1 aromatic rings. The summed E-state index contributed by atoms with van der Waals surface area (Å²) in [4.78, 5) is 7.40. The molecule has 0 aliphatic carbocycles. The van der Waals surface area contributed by atoms with Gasteiger partial charge in [-0.2, -0.15) is 0 Å². The first kappa shape index (κ1) is 23.2. The summed E-state index contributed by atoms with van der Waals surface area (Å²) in [6.45, 7) is 15.2. The maximum atomic E-state index is 4.82. The van der Waals surface area contributed by atoms with Crippen LogP contribution in [0.15, 0.2) is 29.3 Å². The highest BCUT2D eigenvalue weighted by Gasteiger charge is 2.21. The van der Waals surface area contributed by atoms with Gasteiger partial charge in [-0.3, -0.25) is 4.99 Å². The van der Waals surface area contributed by atoms with E-state index in [9.17, 15) is 0 Å².